The summed E-state index contributed by atoms with van der Waals surface area (Å²) in [7, 11) is 0. The lowest BCUT2D eigenvalue weighted by Crippen LogP contribution is -2.61. The van der Waals surface area contributed by atoms with Gasteiger partial charge in [0.05, 0.1) is 6.54 Å². The number of amides is 6. The summed E-state index contributed by atoms with van der Waals surface area (Å²) in [6.45, 7) is 7.36. The first-order valence-electron chi connectivity index (χ1n) is 19.0. The molecular formula is C40H52N6O7. The molecule has 4 heterocycles. The van der Waals surface area contributed by atoms with Crippen LogP contribution in [0.15, 0.2) is 54.6 Å². The van der Waals surface area contributed by atoms with Crippen molar-refractivity contribution in [1.29, 1.82) is 0 Å². The van der Waals surface area contributed by atoms with E-state index in [9.17, 15) is 33.9 Å². The van der Waals surface area contributed by atoms with Gasteiger partial charge in [-0.2, -0.15) is 0 Å². The molecular weight excluding hydrogens is 676 g/mol. The zero-order valence-corrected chi connectivity index (χ0v) is 31.1. The van der Waals surface area contributed by atoms with Gasteiger partial charge in [-0.1, -0.05) is 82.6 Å². The van der Waals surface area contributed by atoms with Crippen LogP contribution >= 0.6 is 0 Å². The Morgan fingerprint density at radius 3 is 2.17 bits per heavy atom. The van der Waals surface area contributed by atoms with Crippen molar-refractivity contribution in [3.8, 4) is 0 Å². The number of nitrogens with one attached hydrogen (secondary N) is 2. The maximum Gasteiger partial charge on any atom is 0.257 e. The summed E-state index contributed by atoms with van der Waals surface area (Å²) in [5.41, 5.74) is -0.888. The zero-order chi connectivity index (χ0) is 38.0. The van der Waals surface area contributed by atoms with E-state index in [1.54, 1.807) is 24.3 Å². The van der Waals surface area contributed by atoms with Gasteiger partial charge < -0.3 is 30.4 Å². The number of carbonyl (C=O) groups is 6. The molecule has 3 saturated heterocycles. The lowest BCUT2D eigenvalue weighted by molar-refractivity contribution is -0.156. The van der Waals surface area contributed by atoms with Gasteiger partial charge >= 0.3 is 0 Å². The lowest BCUT2D eigenvalue weighted by Gasteiger charge is -2.41. The van der Waals surface area contributed by atoms with E-state index in [2.05, 4.69) is 10.6 Å². The van der Waals surface area contributed by atoms with Crippen LogP contribution in [-0.2, 0) is 36.2 Å². The number of benzene rings is 2. The summed E-state index contributed by atoms with van der Waals surface area (Å²) < 4.78 is 0. The number of nitrogens with zero attached hydrogens (tertiary/aromatic N) is 4. The highest BCUT2D eigenvalue weighted by Gasteiger charge is 2.52. The molecule has 3 fully saturated rings. The van der Waals surface area contributed by atoms with Crippen molar-refractivity contribution in [1.82, 2.24) is 30.2 Å². The van der Waals surface area contributed by atoms with Crippen molar-refractivity contribution < 1.29 is 33.9 Å². The fourth-order valence-electron chi connectivity index (χ4n) is 8.28. The summed E-state index contributed by atoms with van der Waals surface area (Å²) in [6.07, 6.45) is 2.76. The highest BCUT2D eigenvalue weighted by Crippen LogP contribution is 2.39. The first-order valence-corrected chi connectivity index (χ1v) is 19.0. The van der Waals surface area contributed by atoms with Crippen molar-refractivity contribution in [3.05, 3.63) is 71.3 Å². The minimum absolute atomic E-state index is 0.0100. The SMILES string of the molecule is CC[C@H](C)[C@@H]1NC(=O)[C@H](CC(C)C)NC(=O)[C@@H]2CCCN2C(=O)[C@H]2CCCN2C(=O)CN2C(=O)c3ccccc3[C@]2(O)CN(Cc2ccccc2)C1=O. The van der Waals surface area contributed by atoms with Crippen LogP contribution in [0.3, 0.4) is 0 Å². The molecule has 2 aromatic carbocycles. The van der Waals surface area contributed by atoms with E-state index >= 15 is 0 Å². The molecule has 53 heavy (non-hydrogen) atoms. The maximum absolute atomic E-state index is 14.9. The number of fused-ring (bicyclic) bond motifs is 5. The highest BCUT2D eigenvalue weighted by atomic mass is 16.3. The first-order chi connectivity index (χ1) is 25.3. The quantitative estimate of drug-likeness (QED) is 0.412. The summed E-state index contributed by atoms with van der Waals surface area (Å²) in [5, 5.41) is 18.7. The largest absolute Gasteiger partial charge is 0.365 e. The van der Waals surface area contributed by atoms with E-state index in [-0.39, 0.29) is 42.0 Å². The molecule has 0 unspecified atom stereocenters. The molecule has 6 atom stereocenters. The Labute approximate surface area is 311 Å². The Balaban J connectivity index is 1.47. The normalized spacial score (nSPS) is 27.9. The smallest absolute Gasteiger partial charge is 0.257 e. The number of aliphatic hydroxyl groups is 1. The first kappa shape index (κ1) is 38.0. The fraction of sp³-hybridized carbons (Fsp3) is 0.550. The van der Waals surface area contributed by atoms with Crippen LogP contribution < -0.4 is 10.6 Å². The van der Waals surface area contributed by atoms with E-state index in [0.29, 0.717) is 45.1 Å². The van der Waals surface area contributed by atoms with Crippen molar-refractivity contribution in [3.63, 3.8) is 0 Å². The molecule has 13 nitrogen and oxygen atoms in total. The van der Waals surface area contributed by atoms with Crippen LogP contribution in [0.1, 0.15) is 87.7 Å². The molecule has 0 radical (unpaired) electrons. The third-order valence-electron chi connectivity index (χ3n) is 11.3. The molecule has 13 heteroatoms. The van der Waals surface area contributed by atoms with Crippen molar-refractivity contribution in [2.75, 3.05) is 26.2 Å². The third-order valence-corrected chi connectivity index (χ3v) is 11.3. The summed E-state index contributed by atoms with van der Waals surface area (Å²) in [4.78, 5) is 91.0. The molecule has 0 saturated carbocycles. The van der Waals surface area contributed by atoms with Gasteiger partial charge in [-0.3, -0.25) is 33.7 Å². The molecule has 4 aliphatic rings. The van der Waals surface area contributed by atoms with E-state index in [1.165, 1.54) is 14.7 Å². The van der Waals surface area contributed by atoms with E-state index in [0.717, 1.165) is 10.5 Å². The number of carbonyl (C=O) groups excluding carboxylic acids is 6. The van der Waals surface area contributed by atoms with Crippen molar-refractivity contribution >= 4 is 35.4 Å². The van der Waals surface area contributed by atoms with Gasteiger partial charge in [-0.15, -0.1) is 0 Å². The summed E-state index contributed by atoms with van der Waals surface area (Å²) >= 11 is 0. The number of hydrogen-bond acceptors (Lipinski definition) is 7. The minimum Gasteiger partial charge on any atom is -0.365 e. The maximum atomic E-state index is 14.9. The van der Waals surface area contributed by atoms with Gasteiger partial charge in [0.1, 0.15) is 30.7 Å². The lowest BCUT2D eigenvalue weighted by atomic mass is 9.94. The van der Waals surface area contributed by atoms with E-state index in [4.69, 9.17) is 0 Å². The van der Waals surface area contributed by atoms with Crippen LogP contribution in [0, 0.1) is 11.8 Å². The van der Waals surface area contributed by atoms with Crippen LogP contribution in [0.5, 0.6) is 0 Å². The molecule has 0 spiro atoms. The molecule has 0 aromatic heterocycles. The predicted octanol–water partition coefficient (Wildman–Crippen LogP) is 2.37. The number of hydrogen-bond donors (Lipinski definition) is 3. The molecule has 4 aliphatic heterocycles. The molecule has 3 N–H and O–H groups in total. The minimum atomic E-state index is -2.11. The van der Waals surface area contributed by atoms with E-state index < -0.39 is 72.5 Å². The number of β-amino-alcohol motifs (C(OH)–C–C–N with tert-alkyl or cyclic N) is 1. The van der Waals surface area contributed by atoms with Crippen LogP contribution in [-0.4, -0.2) is 110 Å². The van der Waals surface area contributed by atoms with Crippen molar-refractivity contribution in [2.24, 2.45) is 11.8 Å². The summed E-state index contributed by atoms with van der Waals surface area (Å²) in [5.74, 6) is -3.21. The molecule has 284 valence electrons. The average Bonchev–Trinajstić information content (AvgIpc) is 3.89. The predicted molar refractivity (Wildman–Crippen MR) is 195 cm³/mol. The highest BCUT2D eigenvalue weighted by molar-refractivity contribution is 6.02. The van der Waals surface area contributed by atoms with Crippen LogP contribution in [0.2, 0.25) is 0 Å². The Bertz CT molecular complexity index is 1730. The van der Waals surface area contributed by atoms with Gasteiger partial charge in [-0.25, -0.2) is 0 Å². The standard InChI is InChI=1S/C40H52N6O7/c1-5-26(4)34-39(52)43(22-27-13-7-6-8-14-27)24-40(53)29-16-10-9-15-28(29)37(50)46(40)23-33(47)44-19-12-18-32(44)38(51)45-20-11-17-31(45)36(49)41-30(21-25(2)3)35(48)42-34/h6-10,13-16,25-26,30-32,34,53H,5,11-12,17-24H2,1-4H3,(H,41,49)(H,42,48)/t26-,30-,31-,32+,34-,40+/m0/s1. The molecule has 6 rings (SSSR count). The molecule has 2 aromatic rings. The molecule has 0 aliphatic carbocycles. The molecule has 6 amide bonds. The number of rotatable bonds is 6. The van der Waals surface area contributed by atoms with Gasteiger partial charge in [0.15, 0.2) is 5.72 Å². The van der Waals surface area contributed by atoms with Crippen molar-refractivity contribution in [2.45, 2.75) is 103 Å². The topological polar surface area (TPSA) is 160 Å². The Kier molecular flexibility index (Phi) is 11.2. The summed E-state index contributed by atoms with van der Waals surface area (Å²) in [6, 6.07) is 12.1. The Morgan fingerprint density at radius 2 is 1.47 bits per heavy atom. The van der Waals surface area contributed by atoms with Gasteiger partial charge in [0.2, 0.25) is 29.5 Å². The van der Waals surface area contributed by atoms with Gasteiger partial charge in [0, 0.05) is 30.8 Å². The third kappa shape index (κ3) is 7.53. The average molecular weight is 729 g/mol. The van der Waals surface area contributed by atoms with Gasteiger partial charge in [-0.05, 0) is 55.6 Å². The second-order valence-electron chi connectivity index (χ2n) is 15.4. The second kappa shape index (κ2) is 15.7. The van der Waals surface area contributed by atoms with E-state index in [1.807, 2.05) is 58.0 Å². The van der Waals surface area contributed by atoms with Gasteiger partial charge in [0.25, 0.3) is 5.91 Å². The second-order valence-corrected chi connectivity index (χ2v) is 15.4. The van der Waals surface area contributed by atoms with Crippen LogP contribution in [0.4, 0.5) is 0 Å². The fourth-order valence-corrected chi connectivity index (χ4v) is 8.28. The Hall–Kier alpha value is -4.78. The van der Waals surface area contributed by atoms with Crippen LogP contribution in [0.25, 0.3) is 0 Å². The Morgan fingerprint density at radius 1 is 0.811 bits per heavy atom. The molecule has 0 bridgehead atoms. The monoisotopic (exact) mass is 728 g/mol. The zero-order valence-electron chi connectivity index (χ0n) is 31.1.